The van der Waals surface area contributed by atoms with E-state index in [9.17, 15) is 19.2 Å². The third-order valence-electron chi connectivity index (χ3n) is 6.79. The Morgan fingerprint density at radius 3 is 2.12 bits per heavy atom. The SMILES string of the molecule is COC(=O)c1ccc(C(=O)OC)c(NC(=S)N2CCN(CCn3c(=S)[nH]c4cc(C(=O)OC)ccc4c3=O)CC2)c1. The van der Waals surface area contributed by atoms with E-state index in [4.69, 9.17) is 38.6 Å². The van der Waals surface area contributed by atoms with Gasteiger partial charge in [0.2, 0.25) is 0 Å². The lowest BCUT2D eigenvalue weighted by Crippen LogP contribution is -2.50. The maximum absolute atomic E-state index is 13.1. The number of carbonyl (C=O) groups is 3. The third kappa shape index (κ3) is 6.61. The lowest BCUT2D eigenvalue weighted by Gasteiger charge is -2.36. The number of H-pyrrole nitrogens is 1. The minimum atomic E-state index is -0.567. The predicted octanol–water partition coefficient (Wildman–Crippen LogP) is 2.43. The second-order valence-corrected chi connectivity index (χ2v) is 9.91. The molecule has 2 heterocycles. The van der Waals surface area contributed by atoms with E-state index < -0.39 is 17.9 Å². The highest BCUT2D eigenvalue weighted by molar-refractivity contribution is 7.80. The first-order valence-corrected chi connectivity index (χ1v) is 13.4. The lowest BCUT2D eigenvalue weighted by atomic mass is 10.1. The van der Waals surface area contributed by atoms with Crippen LogP contribution in [0.5, 0.6) is 0 Å². The number of fused-ring (bicyclic) bond motifs is 1. The monoisotopic (exact) mass is 599 g/mol. The minimum Gasteiger partial charge on any atom is -0.465 e. The van der Waals surface area contributed by atoms with Gasteiger partial charge in [-0.15, -0.1) is 0 Å². The maximum Gasteiger partial charge on any atom is 0.339 e. The number of anilines is 1. The number of carbonyl (C=O) groups excluding carboxylic acids is 3. The van der Waals surface area contributed by atoms with Crippen molar-refractivity contribution in [2.24, 2.45) is 0 Å². The zero-order valence-electron chi connectivity index (χ0n) is 22.7. The van der Waals surface area contributed by atoms with Gasteiger partial charge in [-0.3, -0.25) is 14.3 Å². The van der Waals surface area contributed by atoms with Crippen LogP contribution in [0, 0.1) is 4.77 Å². The molecule has 14 heteroatoms. The van der Waals surface area contributed by atoms with E-state index in [0.717, 1.165) is 0 Å². The number of nitrogens with zero attached hydrogens (tertiary/aromatic N) is 3. The van der Waals surface area contributed by atoms with Crippen molar-refractivity contribution in [3.63, 3.8) is 0 Å². The average molecular weight is 600 g/mol. The van der Waals surface area contributed by atoms with Crippen LogP contribution in [0.15, 0.2) is 41.2 Å². The summed E-state index contributed by atoms with van der Waals surface area (Å²) in [5.74, 6) is -1.61. The van der Waals surface area contributed by atoms with Crippen molar-refractivity contribution >= 4 is 64.0 Å². The highest BCUT2D eigenvalue weighted by Gasteiger charge is 2.22. The zero-order chi connectivity index (χ0) is 29.7. The zero-order valence-corrected chi connectivity index (χ0v) is 24.4. The van der Waals surface area contributed by atoms with Crippen molar-refractivity contribution in [3.05, 3.63) is 68.2 Å². The molecular formula is C27H29N5O7S2. The van der Waals surface area contributed by atoms with E-state index in [0.29, 0.717) is 66.5 Å². The van der Waals surface area contributed by atoms with Crippen molar-refractivity contribution in [1.82, 2.24) is 19.4 Å². The Labute approximate surface area is 245 Å². The molecule has 1 saturated heterocycles. The summed E-state index contributed by atoms with van der Waals surface area (Å²) in [5, 5.41) is 3.90. The van der Waals surface area contributed by atoms with Crippen molar-refractivity contribution < 1.29 is 28.6 Å². The fourth-order valence-electron chi connectivity index (χ4n) is 4.49. The van der Waals surface area contributed by atoms with Crippen LogP contribution in [0.2, 0.25) is 0 Å². The molecule has 3 aromatic rings. The van der Waals surface area contributed by atoms with Gasteiger partial charge in [-0.2, -0.15) is 0 Å². The van der Waals surface area contributed by atoms with Gasteiger partial charge in [0, 0.05) is 39.3 Å². The number of benzene rings is 2. The Morgan fingerprint density at radius 1 is 0.878 bits per heavy atom. The van der Waals surface area contributed by atoms with Crippen LogP contribution < -0.4 is 10.9 Å². The molecule has 0 unspecified atom stereocenters. The Morgan fingerprint density at radius 2 is 1.49 bits per heavy atom. The first-order valence-electron chi connectivity index (χ1n) is 12.6. The van der Waals surface area contributed by atoms with E-state index in [-0.39, 0.29) is 21.5 Å². The van der Waals surface area contributed by atoms with Gasteiger partial charge in [0.15, 0.2) is 9.88 Å². The molecule has 41 heavy (non-hydrogen) atoms. The fourth-order valence-corrected chi connectivity index (χ4v) is 5.07. The normalized spacial score (nSPS) is 13.5. The smallest absolute Gasteiger partial charge is 0.339 e. The summed E-state index contributed by atoms with van der Waals surface area (Å²) in [6.07, 6.45) is 0. The van der Waals surface area contributed by atoms with Crippen LogP contribution in [0.3, 0.4) is 0 Å². The predicted molar refractivity (Wildman–Crippen MR) is 158 cm³/mol. The molecule has 2 N–H and O–H groups in total. The van der Waals surface area contributed by atoms with Crippen LogP contribution in [0.4, 0.5) is 5.69 Å². The second kappa shape index (κ2) is 13.0. The highest BCUT2D eigenvalue weighted by atomic mass is 32.1. The summed E-state index contributed by atoms with van der Waals surface area (Å²) in [6.45, 7) is 3.53. The molecule has 0 bridgehead atoms. The first kappa shape index (κ1) is 29.8. The van der Waals surface area contributed by atoms with E-state index in [2.05, 4.69) is 15.2 Å². The number of methoxy groups -OCH3 is 3. The number of rotatable bonds is 7. The topological polar surface area (TPSA) is 135 Å². The van der Waals surface area contributed by atoms with Crippen LogP contribution in [-0.4, -0.2) is 96.4 Å². The molecule has 4 rings (SSSR count). The molecule has 12 nitrogen and oxygen atoms in total. The lowest BCUT2D eigenvalue weighted by molar-refractivity contribution is 0.0587. The van der Waals surface area contributed by atoms with Crippen LogP contribution >= 0.6 is 24.4 Å². The quantitative estimate of drug-likeness (QED) is 0.235. The standard InChI is InChI=1S/C27H29N5O7S2/c1-37-23(34)16-4-6-18-20(14-16)29-27(41)32(22(18)33)13-10-30-8-11-31(12-9-30)26(40)28-21-15-17(24(35)38-2)5-7-19(21)25(36)39-3/h4-7,14-15H,8-13H2,1-3H3,(H,28,40)(H,29,41). The van der Waals surface area contributed by atoms with E-state index in [1.165, 1.54) is 44.1 Å². The maximum atomic E-state index is 13.1. The average Bonchev–Trinajstić information content (AvgIpc) is 2.99. The number of hydrogen-bond donors (Lipinski definition) is 2. The molecule has 0 atom stereocenters. The Bertz CT molecular complexity index is 1630. The number of thiocarbonyl (C=S) groups is 1. The second-order valence-electron chi connectivity index (χ2n) is 9.14. The number of nitrogens with one attached hydrogen (secondary N) is 2. The number of hydrogen-bond acceptors (Lipinski definition) is 10. The van der Waals surface area contributed by atoms with Crippen molar-refractivity contribution in [2.45, 2.75) is 6.54 Å². The largest absolute Gasteiger partial charge is 0.465 e. The number of aromatic nitrogens is 2. The third-order valence-corrected chi connectivity index (χ3v) is 7.47. The van der Waals surface area contributed by atoms with Gasteiger partial charge in [-0.25, -0.2) is 14.4 Å². The molecule has 0 aliphatic carbocycles. The summed E-state index contributed by atoms with van der Waals surface area (Å²) in [6, 6.07) is 9.16. The van der Waals surface area contributed by atoms with Gasteiger partial charge in [0.25, 0.3) is 5.56 Å². The molecule has 0 radical (unpaired) electrons. The molecule has 1 aromatic heterocycles. The molecular weight excluding hydrogens is 570 g/mol. The number of ether oxygens (including phenoxy) is 3. The van der Waals surface area contributed by atoms with Gasteiger partial charge in [-0.05, 0) is 60.8 Å². The van der Waals surface area contributed by atoms with E-state index in [1.54, 1.807) is 18.2 Å². The summed E-state index contributed by atoms with van der Waals surface area (Å²) in [7, 11) is 3.85. The van der Waals surface area contributed by atoms with Crippen LogP contribution in [-0.2, 0) is 20.8 Å². The molecule has 0 spiro atoms. The first-order chi connectivity index (χ1) is 19.7. The summed E-state index contributed by atoms with van der Waals surface area (Å²) < 4.78 is 16.2. The van der Waals surface area contributed by atoms with Gasteiger partial charge in [0.1, 0.15) is 0 Å². The number of aromatic amines is 1. The Hall–Kier alpha value is -4.14. The van der Waals surface area contributed by atoms with Gasteiger partial charge < -0.3 is 29.4 Å². The number of piperazine rings is 1. The summed E-state index contributed by atoms with van der Waals surface area (Å²) in [4.78, 5) is 56.4. The molecule has 0 saturated carbocycles. The van der Waals surface area contributed by atoms with Crippen molar-refractivity contribution in [1.29, 1.82) is 0 Å². The van der Waals surface area contributed by atoms with E-state index >= 15 is 0 Å². The highest BCUT2D eigenvalue weighted by Crippen LogP contribution is 2.21. The van der Waals surface area contributed by atoms with Crippen molar-refractivity contribution in [3.8, 4) is 0 Å². The molecule has 2 aromatic carbocycles. The van der Waals surface area contributed by atoms with Crippen molar-refractivity contribution in [2.75, 3.05) is 59.4 Å². The number of esters is 3. The van der Waals surface area contributed by atoms with Gasteiger partial charge >= 0.3 is 17.9 Å². The van der Waals surface area contributed by atoms with Crippen LogP contribution in [0.1, 0.15) is 31.1 Å². The molecule has 0 amide bonds. The molecule has 1 aliphatic heterocycles. The Balaban J connectivity index is 1.39. The summed E-state index contributed by atoms with van der Waals surface area (Å²) in [5.41, 5.74) is 1.41. The molecule has 1 aliphatic rings. The molecule has 1 fully saturated rings. The van der Waals surface area contributed by atoms with Gasteiger partial charge in [-0.1, -0.05) is 0 Å². The summed E-state index contributed by atoms with van der Waals surface area (Å²) >= 11 is 11.0. The molecule has 216 valence electrons. The Kier molecular flexibility index (Phi) is 9.47. The van der Waals surface area contributed by atoms with Gasteiger partial charge in [0.05, 0.1) is 54.6 Å². The van der Waals surface area contributed by atoms with E-state index in [1.807, 2.05) is 4.90 Å². The van der Waals surface area contributed by atoms with Crippen LogP contribution in [0.25, 0.3) is 10.9 Å². The minimum absolute atomic E-state index is 0.236. The fraction of sp³-hybridized carbons (Fsp3) is 0.333.